The summed E-state index contributed by atoms with van der Waals surface area (Å²) in [5.41, 5.74) is 0. The van der Waals surface area contributed by atoms with E-state index < -0.39 is 0 Å². The molecule has 3 heterocycles. The molecule has 0 aliphatic carbocycles. The van der Waals surface area contributed by atoms with Gasteiger partial charge in [-0.3, -0.25) is 9.89 Å². The molecule has 2 saturated heterocycles. The maximum absolute atomic E-state index is 5.76. The first-order valence-electron chi connectivity index (χ1n) is 10.7. The highest BCUT2D eigenvalue weighted by Crippen LogP contribution is 2.34. The van der Waals surface area contributed by atoms with Gasteiger partial charge < -0.3 is 20.1 Å². The highest BCUT2D eigenvalue weighted by Gasteiger charge is 2.32. The predicted octanol–water partition coefficient (Wildman–Crippen LogP) is 3.60. The zero-order valence-corrected chi connectivity index (χ0v) is 22.4. The Labute approximate surface area is 207 Å². The largest absolute Gasteiger partial charge is 0.381 e. The maximum Gasteiger partial charge on any atom is 0.191 e. The van der Waals surface area contributed by atoms with Gasteiger partial charge in [-0.15, -0.1) is 35.3 Å². The number of halogens is 1. The van der Waals surface area contributed by atoms with E-state index in [-0.39, 0.29) is 34.8 Å². The van der Waals surface area contributed by atoms with E-state index in [2.05, 4.69) is 53.1 Å². The molecule has 172 valence electrons. The van der Waals surface area contributed by atoms with Crippen LogP contribution in [0, 0.1) is 0 Å². The molecule has 6 nitrogen and oxygen atoms in total. The molecular formula is C21H37IN4O2S2. The number of hydrogen-bond donors (Lipinski definition) is 2. The lowest BCUT2D eigenvalue weighted by molar-refractivity contribution is -0.0334. The number of aliphatic imine (C=N–C) groups is 1. The molecule has 0 aromatic carbocycles. The van der Waals surface area contributed by atoms with Crippen molar-refractivity contribution in [3.8, 4) is 0 Å². The smallest absolute Gasteiger partial charge is 0.191 e. The first-order valence-corrected chi connectivity index (χ1v) is 12.8. The van der Waals surface area contributed by atoms with Crippen molar-refractivity contribution in [1.29, 1.82) is 0 Å². The van der Waals surface area contributed by atoms with Crippen LogP contribution in [0.4, 0.5) is 0 Å². The molecule has 2 N–H and O–H groups in total. The number of thioether (sulfide) groups is 1. The number of thiophene rings is 1. The molecule has 2 aliphatic heterocycles. The van der Waals surface area contributed by atoms with Crippen molar-refractivity contribution < 1.29 is 9.47 Å². The van der Waals surface area contributed by atoms with Gasteiger partial charge in [0, 0.05) is 49.0 Å². The van der Waals surface area contributed by atoms with Crippen LogP contribution >= 0.6 is 47.1 Å². The predicted molar refractivity (Wildman–Crippen MR) is 140 cm³/mol. The Balaban J connectivity index is 0.00000320. The summed E-state index contributed by atoms with van der Waals surface area (Å²) in [6.45, 7) is 11.2. The molecule has 2 fully saturated rings. The van der Waals surface area contributed by atoms with Gasteiger partial charge in [0.2, 0.25) is 0 Å². The minimum absolute atomic E-state index is 0. The average molecular weight is 569 g/mol. The summed E-state index contributed by atoms with van der Waals surface area (Å²) in [7, 11) is 0. The summed E-state index contributed by atoms with van der Waals surface area (Å²) < 4.78 is 11.5. The van der Waals surface area contributed by atoms with Crippen LogP contribution in [-0.2, 0) is 9.47 Å². The molecule has 0 saturated carbocycles. The Morgan fingerprint density at radius 2 is 2.17 bits per heavy atom. The molecule has 0 radical (unpaired) electrons. The fourth-order valence-electron chi connectivity index (χ4n) is 3.95. The number of morpholine rings is 1. The van der Waals surface area contributed by atoms with E-state index in [0.29, 0.717) is 6.04 Å². The molecule has 1 aromatic rings. The van der Waals surface area contributed by atoms with Gasteiger partial charge in [0.15, 0.2) is 5.96 Å². The summed E-state index contributed by atoms with van der Waals surface area (Å²) in [4.78, 5) is 8.91. The zero-order valence-electron chi connectivity index (χ0n) is 18.4. The molecule has 0 amide bonds. The second kappa shape index (κ2) is 13.5. The van der Waals surface area contributed by atoms with Crippen molar-refractivity contribution in [3.05, 3.63) is 22.4 Å². The van der Waals surface area contributed by atoms with Crippen LogP contribution < -0.4 is 10.6 Å². The summed E-state index contributed by atoms with van der Waals surface area (Å²) >= 11 is 3.77. The molecule has 30 heavy (non-hydrogen) atoms. The standard InChI is InChI=1S/C21H36N4O2S2.HI/c1-4-22-20(24-16-21(28-3)7-10-26-11-8-21)23-14-18(19-6-5-13-29-19)25-9-12-27-17(2)15-25;/h5-6,13,17-18H,4,7-12,14-16H2,1-3H3,(H2,22,23,24);1H. The normalized spacial score (nSPS) is 23.4. The Morgan fingerprint density at radius 3 is 2.80 bits per heavy atom. The Kier molecular flexibility index (Phi) is 11.8. The van der Waals surface area contributed by atoms with E-state index in [1.165, 1.54) is 4.88 Å². The van der Waals surface area contributed by atoms with Crippen molar-refractivity contribution in [3.63, 3.8) is 0 Å². The molecule has 0 spiro atoms. The van der Waals surface area contributed by atoms with E-state index in [4.69, 9.17) is 14.5 Å². The average Bonchev–Trinajstić information content (AvgIpc) is 3.27. The minimum atomic E-state index is 0. The molecule has 2 aliphatic rings. The topological polar surface area (TPSA) is 58.1 Å². The van der Waals surface area contributed by atoms with Crippen LogP contribution in [0.2, 0.25) is 0 Å². The van der Waals surface area contributed by atoms with Crippen LogP contribution in [-0.4, -0.2) is 80.5 Å². The van der Waals surface area contributed by atoms with Gasteiger partial charge in [0.05, 0.1) is 25.3 Å². The molecule has 3 rings (SSSR count). The highest BCUT2D eigenvalue weighted by molar-refractivity contribution is 14.0. The molecule has 0 bridgehead atoms. The van der Waals surface area contributed by atoms with Gasteiger partial charge in [-0.25, -0.2) is 0 Å². The van der Waals surface area contributed by atoms with Crippen molar-refractivity contribution in [1.82, 2.24) is 15.5 Å². The van der Waals surface area contributed by atoms with E-state index in [9.17, 15) is 0 Å². The summed E-state index contributed by atoms with van der Waals surface area (Å²) in [5, 5.41) is 9.22. The van der Waals surface area contributed by atoms with Crippen LogP contribution in [0.3, 0.4) is 0 Å². The first-order chi connectivity index (χ1) is 14.2. The van der Waals surface area contributed by atoms with Gasteiger partial charge in [-0.1, -0.05) is 6.07 Å². The fraction of sp³-hybridized carbons (Fsp3) is 0.762. The monoisotopic (exact) mass is 568 g/mol. The third-order valence-electron chi connectivity index (χ3n) is 5.75. The molecular weight excluding hydrogens is 531 g/mol. The van der Waals surface area contributed by atoms with Crippen LogP contribution in [0.1, 0.15) is 37.6 Å². The number of rotatable bonds is 8. The highest BCUT2D eigenvalue weighted by atomic mass is 127. The number of hydrogen-bond acceptors (Lipinski definition) is 6. The lowest BCUT2D eigenvalue weighted by Gasteiger charge is -2.37. The van der Waals surface area contributed by atoms with E-state index in [1.54, 1.807) is 0 Å². The lowest BCUT2D eigenvalue weighted by atomic mass is 9.99. The SMILES string of the molecule is CCNC(=NCC1(SC)CCOCC1)NCC(c1cccs1)N1CCOC(C)C1.I. The van der Waals surface area contributed by atoms with Crippen molar-refractivity contribution in [2.45, 2.75) is 43.6 Å². The zero-order chi connectivity index (χ0) is 20.5. The van der Waals surface area contributed by atoms with Gasteiger partial charge in [-0.05, 0) is 44.4 Å². The number of nitrogens with zero attached hydrogens (tertiary/aromatic N) is 2. The Morgan fingerprint density at radius 1 is 1.37 bits per heavy atom. The molecule has 9 heteroatoms. The Hall–Kier alpha value is -0.0700. The quantitative estimate of drug-likeness (QED) is 0.284. The van der Waals surface area contributed by atoms with E-state index in [1.807, 2.05) is 23.1 Å². The van der Waals surface area contributed by atoms with Gasteiger partial charge in [0.25, 0.3) is 0 Å². The minimum Gasteiger partial charge on any atom is -0.381 e. The van der Waals surface area contributed by atoms with E-state index in [0.717, 1.165) is 71.3 Å². The number of nitrogens with one attached hydrogen (secondary N) is 2. The summed E-state index contributed by atoms with van der Waals surface area (Å²) in [6.07, 6.45) is 4.62. The fourth-order valence-corrected chi connectivity index (χ4v) is 5.58. The van der Waals surface area contributed by atoms with Crippen molar-refractivity contribution >= 4 is 53.0 Å². The number of guanidine groups is 1. The first kappa shape index (κ1) is 26.2. The van der Waals surface area contributed by atoms with Crippen LogP contribution in [0.5, 0.6) is 0 Å². The van der Waals surface area contributed by atoms with Gasteiger partial charge >= 0.3 is 0 Å². The third-order valence-corrected chi connectivity index (χ3v) is 8.13. The second-order valence-electron chi connectivity index (χ2n) is 7.78. The van der Waals surface area contributed by atoms with E-state index >= 15 is 0 Å². The molecule has 1 aromatic heterocycles. The van der Waals surface area contributed by atoms with Crippen LogP contribution in [0.15, 0.2) is 22.5 Å². The number of ether oxygens (including phenoxy) is 2. The Bertz CT molecular complexity index is 627. The molecule has 2 unspecified atom stereocenters. The third kappa shape index (κ3) is 7.51. The van der Waals surface area contributed by atoms with Crippen LogP contribution in [0.25, 0.3) is 0 Å². The summed E-state index contributed by atoms with van der Waals surface area (Å²) in [6, 6.07) is 4.72. The van der Waals surface area contributed by atoms with Gasteiger partial charge in [0.1, 0.15) is 0 Å². The van der Waals surface area contributed by atoms with Crippen molar-refractivity contribution in [2.24, 2.45) is 4.99 Å². The van der Waals surface area contributed by atoms with Crippen molar-refractivity contribution in [2.75, 3.05) is 58.8 Å². The van der Waals surface area contributed by atoms with Gasteiger partial charge in [-0.2, -0.15) is 11.8 Å². The summed E-state index contributed by atoms with van der Waals surface area (Å²) in [5.74, 6) is 0.912. The maximum atomic E-state index is 5.76. The second-order valence-corrected chi connectivity index (χ2v) is 10.0. The molecule has 2 atom stereocenters. The lowest BCUT2D eigenvalue weighted by Crippen LogP contribution is -2.48.